The van der Waals surface area contributed by atoms with E-state index in [1.807, 2.05) is 63.0 Å². The number of nitrogens with zero attached hydrogens (tertiary/aromatic N) is 5. The van der Waals surface area contributed by atoms with E-state index in [-0.39, 0.29) is 30.5 Å². The molecule has 0 saturated carbocycles. The van der Waals surface area contributed by atoms with Crippen LogP contribution in [0.15, 0.2) is 54.7 Å². The number of halogens is 1. The number of aromatic nitrogens is 5. The van der Waals surface area contributed by atoms with Gasteiger partial charge in [-0.25, -0.2) is 9.37 Å². The van der Waals surface area contributed by atoms with Gasteiger partial charge in [-0.15, -0.1) is 0 Å². The van der Waals surface area contributed by atoms with Crippen molar-refractivity contribution in [2.45, 2.75) is 59.9 Å². The first-order valence-electron chi connectivity index (χ1n) is 13.8. The monoisotopic (exact) mass is 547 g/mol. The van der Waals surface area contributed by atoms with E-state index >= 15 is 0 Å². The van der Waals surface area contributed by atoms with E-state index in [4.69, 9.17) is 10.1 Å². The highest BCUT2D eigenvalue weighted by Gasteiger charge is 2.25. The Morgan fingerprint density at radius 2 is 1.78 bits per heavy atom. The fourth-order valence-electron chi connectivity index (χ4n) is 5.79. The van der Waals surface area contributed by atoms with E-state index < -0.39 is 0 Å². The summed E-state index contributed by atoms with van der Waals surface area (Å²) in [5.41, 5.74) is 8.93. The van der Waals surface area contributed by atoms with Gasteiger partial charge in [0.2, 0.25) is 0 Å². The molecule has 0 saturated heterocycles. The summed E-state index contributed by atoms with van der Waals surface area (Å²) in [6.45, 7) is 9.82. The highest BCUT2D eigenvalue weighted by Crippen LogP contribution is 2.38. The van der Waals surface area contributed by atoms with Gasteiger partial charge in [-0.05, 0) is 94.0 Å². The zero-order valence-electron chi connectivity index (χ0n) is 24.4. The Hall–Kier alpha value is -4.57. The first-order valence-corrected chi connectivity index (χ1v) is 13.8. The average Bonchev–Trinajstić information content (AvgIpc) is 3.45. The van der Waals surface area contributed by atoms with Crippen LogP contribution in [-0.4, -0.2) is 30.3 Å². The molecular weight excluding hydrogens is 513 g/mol. The van der Waals surface area contributed by atoms with Crippen LogP contribution < -0.4 is 0 Å². The number of hydrogen-bond acceptors (Lipinski definition) is 4. The van der Waals surface area contributed by atoms with Crippen LogP contribution in [0, 0.1) is 45.4 Å². The Kier molecular flexibility index (Phi) is 7.85. The number of benzene rings is 2. The lowest BCUT2D eigenvalue weighted by molar-refractivity contribution is -0.120. The maximum absolute atomic E-state index is 14.5. The minimum atomic E-state index is -0.320. The molecule has 0 unspecified atom stereocenters. The van der Waals surface area contributed by atoms with Gasteiger partial charge < -0.3 is 0 Å². The first-order chi connectivity index (χ1) is 19.6. The average molecular weight is 548 g/mol. The van der Waals surface area contributed by atoms with Gasteiger partial charge in [0, 0.05) is 42.1 Å². The number of rotatable bonds is 8. The Labute approximate surface area is 240 Å². The molecule has 0 N–H and O–H groups in total. The molecule has 0 bridgehead atoms. The molecule has 208 valence electrons. The second kappa shape index (κ2) is 11.5. The van der Waals surface area contributed by atoms with Crippen LogP contribution in [-0.2, 0) is 24.8 Å². The SMILES string of the molecule is CC#Cc1ccc(-c2ccc(C)c3c(C)nn(C)c23)c([C@@H](CC(=O)Cn2ccc(C)n2)Cc2cc(C)cc(F)c2)n1. The van der Waals surface area contributed by atoms with Crippen LogP contribution in [0.3, 0.4) is 0 Å². The lowest BCUT2D eigenvalue weighted by Crippen LogP contribution is -2.18. The Morgan fingerprint density at radius 1 is 1.00 bits per heavy atom. The van der Waals surface area contributed by atoms with Gasteiger partial charge >= 0.3 is 0 Å². The molecule has 0 aliphatic carbocycles. The Balaban J connectivity index is 1.68. The summed E-state index contributed by atoms with van der Waals surface area (Å²) in [6, 6.07) is 15.1. The van der Waals surface area contributed by atoms with Gasteiger partial charge in [0.15, 0.2) is 5.78 Å². The van der Waals surface area contributed by atoms with Crippen LogP contribution >= 0.6 is 0 Å². The van der Waals surface area contributed by atoms with E-state index in [0.717, 1.165) is 55.8 Å². The summed E-state index contributed by atoms with van der Waals surface area (Å²) in [4.78, 5) is 18.5. The fraction of sp³-hybridized carbons (Fsp3) is 0.294. The van der Waals surface area contributed by atoms with Crippen LogP contribution in [0.2, 0.25) is 0 Å². The van der Waals surface area contributed by atoms with E-state index in [1.54, 1.807) is 17.7 Å². The lowest BCUT2D eigenvalue weighted by atomic mass is 9.85. The van der Waals surface area contributed by atoms with Crippen molar-refractivity contribution in [3.63, 3.8) is 0 Å². The van der Waals surface area contributed by atoms with E-state index in [1.165, 1.54) is 6.07 Å². The molecule has 5 aromatic rings. The number of Topliss-reactive ketones (excluding diaryl/α,β-unsaturated/α-hetero) is 1. The number of hydrogen-bond donors (Lipinski definition) is 0. The predicted molar refractivity (Wildman–Crippen MR) is 160 cm³/mol. The first kappa shape index (κ1) is 28.0. The van der Waals surface area contributed by atoms with Gasteiger partial charge in [-0.1, -0.05) is 24.1 Å². The normalized spacial score (nSPS) is 11.9. The van der Waals surface area contributed by atoms with Gasteiger partial charge in [-0.2, -0.15) is 10.2 Å². The molecule has 0 fully saturated rings. The second-order valence-corrected chi connectivity index (χ2v) is 10.8. The molecule has 0 amide bonds. The molecule has 3 aromatic heterocycles. The Bertz CT molecular complexity index is 1820. The Morgan fingerprint density at radius 3 is 2.49 bits per heavy atom. The molecule has 7 heteroatoms. The van der Waals surface area contributed by atoms with Crippen LogP contribution in [0.25, 0.3) is 22.0 Å². The summed E-state index contributed by atoms with van der Waals surface area (Å²) in [5, 5.41) is 10.2. The van der Waals surface area contributed by atoms with Crippen molar-refractivity contribution in [3.8, 4) is 23.0 Å². The summed E-state index contributed by atoms with van der Waals surface area (Å²) < 4.78 is 18.1. The maximum Gasteiger partial charge on any atom is 0.154 e. The summed E-state index contributed by atoms with van der Waals surface area (Å²) in [7, 11) is 1.95. The third-order valence-electron chi connectivity index (χ3n) is 7.40. The number of carbonyl (C=O) groups excluding carboxylic acids is 1. The number of aryl methyl sites for hydroxylation is 5. The largest absolute Gasteiger partial charge is 0.298 e. The maximum atomic E-state index is 14.5. The smallest absolute Gasteiger partial charge is 0.154 e. The molecule has 0 radical (unpaired) electrons. The van der Waals surface area contributed by atoms with Crippen molar-refractivity contribution in [2.24, 2.45) is 7.05 Å². The van der Waals surface area contributed by atoms with Crippen molar-refractivity contribution in [1.82, 2.24) is 24.5 Å². The molecule has 2 aromatic carbocycles. The highest BCUT2D eigenvalue weighted by atomic mass is 19.1. The van der Waals surface area contributed by atoms with Crippen molar-refractivity contribution in [1.29, 1.82) is 0 Å². The van der Waals surface area contributed by atoms with Crippen molar-refractivity contribution < 1.29 is 9.18 Å². The third-order valence-corrected chi connectivity index (χ3v) is 7.40. The van der Waals surface area contributed by atoms with E-state index in [0.29, 0.717) is 12.1 Å². The van der Waals surface area contributed by atoms with Crippen molar-refractivity contribution in [2.75, 3.05) is 0 Å². The topological polar surface area (TPSA) is 65.6 Å². The quantitative estimate of drug-likeness (QED) is 0.206. The molecule has 3 heterocycles. The van der Waals surface area contributed by atoms with E-state index in [2.05, 4.69) is 36.0 Å². The van der Waals surface area contributed by atoms with Gasteiger partial charge in [0.25, 0.3) is 0 Å². The van der Waals surface area contributed by atoms with Crippen LogP contribution in [0.5, 0.6) is 0 Å². The molecule has 0 aliphatic rings. The number of pyridine rings is 1. The summed E-state index contributed by atoms with van der Waals surface area (Å²) in [5.74, 6) is 5.44. The molecule has 6 nitrogen and oxygen atoms in total. The molecule has 41 heavy (non-hydrogen) atoms. The lowest BCUT2D eigenvalue weighted by Gasteiger charge is -2.21. The molecule has 5 rings (SSSR count). The minimum Gasteiger partial charge on any atom is -0.298 e. The fourth-order valence-corrected chi connectivity index (χ4v) is 5.79. The second-order valence-electron chi connectivity index (χ2n) is 10.8. The number of ketones is 1. The van der Waals surface area contributed by atoms with Crippen molar-refractivity contribution in [3.05, 3.63) is 100 Å². The predicted octanol–water partition coefficient (Wildman–Crippen LogP) is 6.56. The summed E-state index contributed by atoms with van der Waals surface area (Å²) >= 11 is 0. The highest BCUT2D eigenvalue weighted by molar-refractivity contribution is 5.98. The minimum absolute atomic E-state index is 0.0244. The zero-order chi connectivity index (χ0) is 29.3. The van der Waals surface area contributed by atoms with Crippen LogP contribution in [0.1, 0.15) is 58.7 Å². The summed E-state index contributed by atoms with van der Waals surface area (Å²) in [6.07, 6.45) is 2.48. The standard InChI is InChI=1S/C34H34FN5O/c1-7-8-28-10-12-30(31-11-9-22(3)32-24(5)38-39(6)34(31)32)33(36-28)26(17-25-15-21(2)16-27(35)18-25)19-29(41)20-40-14-13-23(4)37-40/h9-16,18,26H,17,19-20H2,1-6H3/t26-/m1/s1. The molecule has 0 spiro atoms. The third kappa shape index (κ3) is 5.97. The molecular formula is C34H34FN5O. The van der Waals surface area contributed by atoms with Crippen molar-refractivity contribution >= 4 is 16.7 Å². The van der Waals surface area contributed by atoms with Gasteiger partial charge in [0.05, 0.1) is 29.1 Å². The van der Waals surface area contributed by atoms with E-state index in [9.17, 15) is 9.18 Å². The molecule has 0 aliphatic heterocycles. The number of fused-ring (bicyclic) bond motifs is 1. The van der Waals surface area contributed by atoms with Crippen LogP contribution in [0.4, 0.5) is 4.39 Å². The van der Waals surface area contributed by atoms with Gasteiger partial charge in [0.1, 0.15) is 11.5 Å². The zero-order valence-corrected chi connectivity index (χ0v) is 24.4. The number of carbonyl (C=O) groups is 1. The molecule has 1 atom stereocenters. The van der Waals surface area contributed by atoms with Gasteiger partial charge in [-0.3, -0.25) is 14.2 Å².